The molecular formula is C26H25N3O2. The number of para-hydroxylation sites is 2. The van der Waals surface area contributed by atoms with E-state index in [0.717, 1.165) is 28.0 Å². The number of fused-ring (bicyclic) bond motifs is 1. The van der Waals surface area contributed by atoms with Crippen molar-refractivity contribution in [1.29, 1.82) is 0 Å². The quantitative estimate of drug-likeness (QED) is 0.446. The smallest absolute Gasteiger partial charge is 0.221 e. The van der Waals surface area contributed by atoms with E-state index in [-0.39, 0.29) is 24.5 Å². The van der Waals surface area contributed by atoms with Gasteiger partial charge in [0.25, 0.3) is 0 Å². The Morgan fingerprint density at radius 1 is 0.903 bits per heavy atom. The summed E-state index contributed by atoms with van der Waals surface area (Å²) in [5, 5.41) is 3.09. The van der Waals surface area contributed by atoms with Crippen LogP contribution in [0.2, 0.25) is 0 Å². The molecule has 0 bridgehead atoms. The summed E-state index contributed by atoms with van der Waals surface area (Å²) in [7, 11) is 1.95. The highest BCUT2D eigenvalue weighted by Gasteiger charge is 2.23. The summed E-state index contributed by atoms with van der Waals surface area (Å²) in [6, 6.07) is 24.7. The third-order valence-electron chi connectivity index (χ3n) is 5.47. The molecule has 1 unspecified atom stereocenters. The maximum Gasteiger partial charge on any atom is 0.221 e. The Balaban J connectivity index is 1.54. The van der Waals surface area contributed by atoms with E-state index in [9.17, 15) is 9.59 Å². The van der Waals surface area contributed by atoms with Gasteiger partial charge < -0.3 is 9.88 Å². The van der Waals surface area contributed by atoms with Crippen LogP contribution < -0.4 is 5.32 Å². The number of hydrogen-bond donors (Lipinski definition) is 1. The topological polar surface area (TPSA) is 64.0 Å². The molecule has 1 atom stereocenters. The average molecular weight is 412 g/mol. The first-order valence-electron chi connectivity index (χ1n) is 10.4. The normalized spacial score (nSPS) is 11.9. The number of nitrogens with zero attached hydrogens (tertiary/aromatic N) is 2. The molecule has 4 aromatic rings. The van der Waals surface area contributed by atoms with E-state index >= 15 is 0 Å². The highest BCUT2D eigenvalue weighted by atomic mass is 16.2. The molecule has 5 heteroatoms. The Labute approximate surface area is 181 Å². The molecule has 1 heterocycles. The second-order valence-electron chi connectivity index (χ2n) is 7.72. The Kier molecular flexibility index (Phi) is 5.94. The van der Waals surface area contributed by atoms with Gasteiger partial charge in [-0.15, -0.1) is 0 Å². The van der Waals surface area contributed by atoms with Crippen molar-refractivity contribution in [2.45, 2.75) is 25.8 Å². The zero-order valence-corrected chi connectivity index (χ0v) is 17.7. The van der Waals surface area contributed by atoms with E-state index in [4.69, 9.17) is 4.98 Å². The number of Topliss-reactive ketones (excluding diaryl/α,β-unsaturated/α-hetero) is 1. The van der Waals surface area contributed by atoms with E-state index in [1.54, 1.807) is 0 Å². The number of benzene rings is 3. The lowest BCUT2D eigenvalue weighted by Crippen LogP contribution is -2.31. The molecule has 5 nitrogen and oxygen atoms in total. The molecule has 1 N–H and O–H groups in total. The van der Waals surface area contributed by atoms with Crippen LogP contribution in [0.5, 0.6) is 0 Å². The Bertz CT molecular complexity index is 1210. The van der Waals surface area contributed by atoms with E-state index in [0.29, 0.717) is 5.56 Å². The number of nitrogens with one attached hydrogen (secondary N) is 1. The van der Waals surface area contributed by atoms with Gasteiger partial charge in [0.1, 0.15) is 11.9 Å². The van der Waals surface area contributed by atoms with Crippen molar-refractivity contribution in [3.05, 3.63) is 101 Å². The summed E-state index contributed by atoms with van der Waals surface area (Å²) in [4.78, 5) is 30.1. The molecule has 1 amide bonds. The maximum absolute atomic E-state index is 12.8. The van der Waals surface area contributed by atoms with E-state index < -0.39 is 6.04 Å². The van der Waals surface area contributed by atoms with Crippen LogP contribution >= 0.6 is 0 Å². The highest BCUT2D eigenvalue weighted by molar-refractivity contribution is 5.98. The van der Waals surface area contributed by atoms with E-state index in [2.05, 4.69) is 5.32 Å². The molecule has 31 heavy (non-hydrogen) atoms. The fourth-order valence-electron chi connectivity index (χ4n) is 3.71. The van der Waals surface area contributed by atoms with Gasteiger partial charge >= 0.3 is 0 Å². The lowest BCUT2D eigenvalue weighted by atomic mass is 10.0. The number of aromatic nitrogens is 2. The van der Waals surface area contributed by atoms with Crippen molar-refractivity contribution in [3.8, 4) is 0 Å². The van der Waals surface area contributed by atoms with Crippen molar-refractivity contribution in [1.82, 2.24) is 14.9 Å². The van der Waals surface area contributed by atoms with Crippen LogP contribution in [0.3, 0.4) is 0 Å². The summed E-state index contributed by atoms with van der Waals surface area (Å²) >= 11 is 0. The summed E-state index contributed by atoms with van der Waals surface area (Å²) in [6.07, 6.45) is 0.291. The third kappa shape index (κ3) is 4.56. The SMILES string of the molecule is Cc1ccc(C(=O)CCC(=O)NC(c2ccccc2)c2nc3ccccc3n2C)cc1. The van der Waals surface area contributed by atoms with Crippen molar-refractivity contribution in [3.63, 3.8) is 0 Å². The van der Waals surface area contributed by atoms with Gasteiger partial charge in [-0.05, 0) is 24.6 Å². The first-order valence-corrected chi connectivity index (χ1v) is 10.4. The van der Waals surface area contributed by atoms with Crippen molar-refractivity contribution in [2.24, 2.45) is 7.05 Å². The number of rotatable bonds is 7. The summed E-state index contributed by atoms with van der Waals surface area (Å²) in [5.41, 5.74) is 4.56. The van der Waals surface area contributed by atoms with E-state index in [1.165, 1.54) is 0 Å². The van der Waals surface area contributed by atoms with Crippen LogP contribution in [0, 0.1) is 6.92 Å². The van der Waals surface area contributed by atoms with Crippen molar-refractivity contribution >= 4 is 22.7 Å². The summed E-state index contributed by atoms with van der Waals surface area (Å²) < 4.78 is 2.00. The predicted octanol–water partition coefficient (Wildman–Crippen LogP) is 4.75. The molecule has 4 rings (SSSR count). The maximum atomic E-state index is 12.8. The monoisotopic (exact) mass is 411 g/mol. The molecule has 0 spiro atoms. The van der Waals surface area contributed by atoms with Crippen LogP contribution in [-0.4, -0.2) is 21.2 Å². The number of aryl methyl sites for hydroxylation is 2. The lowest BCUT2D eigenvalue weighted by Gasteiger charge is -2.19. The van der Waals surface area contributed by atoms with Crippen LogP contribution in [0.4, 0.5) is 0 Å². The zero-order valence-electron chi connectivity index (χ0n) is 17.7. The fraction of sp³-hybridized carbons (Fsp3) is 0.192. The predicted molar refractivity (Wildman–Crippen MR) is 122 cm³/mol. The minimum absolute atomic E-state index is 0.0332. The van der Waals surface area contributed by atoms with E-state index in [1.807, 2.05) is 97.4 Å². The lowest BCUT2D eigenvalue weighted by molar-refractivity contribution is -0.121. The van der Waals surface area contributed by atoms with Gasteiger partial charge in [0.2, 0.25) is 5.91 Å². The number of ketones is 1. The molecule has 1 aromatic heterocycles. The van der Waals surface area contributed by atoms with Gasteiger partial charge in [-0.1, -0.05) is 72.3 Å². The summed E-state index contributed by atoms with van der Waals surface area (Å²) in [6.45, 7) is 1.98. The first kappa shape index (κ1) is 20.5. The third-order valence-corrected chi connectivity index (χ3v) is 5.47. The summed E-state index contributed by atoms with van der Waals surface area (Å²) in [5.74, 6) is 0.543. The highest BCUT2D eigenvalue weighted by Crippen LogP contribution is 2.25. The first-order chi connectivity index (χ1) is 15.0. The van der Waals surface area contributed by atoms with Gasteiger partial charge in [-0.3, -0.25) is 9.59 Å². The molecule has 0 aliphatic heterocycles. The second-order valence-corrected chi connectivity index (χ2v) is 7.72. The second kappa shape index (κ2) is 8.96. The number of carbonyl (C=O) groups excluding carboxylic acids is 2. The molecule has 0 aliphatic rings. The molecule has 0 saturated heterocycles. The Morgan fingerprint density at radius 2 is 1.58 bits per heavy atom. The number of hydrogen-bond acceptors (Lipinski definition) is 3. The molecular weight excluding hydrogens is 386 g/mol. The molecule has 156 valence electrons. The van der Waals surface area contributed by atoms with Crippen LogP contribution in [0.1, 0.15) is 46.2 Å². The number of imidazole rings is 1. The van der Waals surface area contributed by atoms with Crippen LogP contribution in [0.25, 0.3) is 11.0 Å². The molecule has 3 aromatic carbocycles. The fourth-order valence-corrected chi connectivity index (χ4v) is 3.71. The van der Waals surface area contributed by atoms with Gasteiger partial charge in [0, 0.05) is 25.5 Å². The van der Waals surface area contributed by atoms with Gasteiger partial charge in [-0.2, -0.15) is 0 Å². The molecule has 0 radical (unpaired) electrons. The van der Waals surface area contributed by atoms with Crippen LogP contribution in [-0.2, 0) is 11.8 Å². The largest absolute Gasteiger partial charge is 0.342 e. The minimum Gasteiger partial charge on any atom is -0.342 e. The Morgan fingerprint density at radius 3 is 2.29 bits per heavy atom. The number of amides is 1. The van der Waals surface area contributed by atoms with Crippen LogP contribution in [0.15, 0.2) is 78.9 Å². The zero-order chi connectivity index (χ0) is 21.8. The minimum atomic E-state index is -0.402. The molecule has 0 fully saturated rings. The van der Waals surface area contributed by atoms with Gasteiger partial charge in [0.15, 0.2) is 5.78 Å². The van der Waals surface area contributed by atoms with Crippen molar-refractivity contribution in [2.75, 3.05) is 0 Å². The average Bonchev–Trinajstić information content (AvgIpc) is 3.13. The van der Waals surface area contributed by atoms with Crippen molar-refractivity contribution < 1.29 is 9.59 Å². The number of carbonyl (C=O) groups is 2. The standard InChI is InChI=1S/C26H25N3O2/c1-18-12-14-19(15-13-18)23(30)16-17-24(31)28-25(20-8-4-3-5-9-20)26-27-21-10-6-7-11-22(21)29(26)2/h3-15,25H,16-17H2,1-2H3,(H,28,31). The molecule has 0 aliphatic carbocycles. The molecule has 0 saturated carbocycles. The van der Waals surface area contributed by atoms with Gasteiger partial charge in [0.05, 0.1) is 11.0 Å². The van der Waals surface area contributed by atoms with Gasteiger partial charge in [-0.25, -0.2) is 4.98 Å². The Hall–Kier alpha value is -3.73.